The standard InChI is InChI=1S/C7H12N2OS2/c1-3-7(2)4(5(8)10)9-6(11)12-7/h4H,3H2,1-2H3,(H2,8,10)(H,9,11). The summed E-state index contributed by atoms with van der Waals surface area (Å²) in [5.74, 6) is -0.327. The van der Waals surface area contributed by atoms with Crippen molar-refractivity contribution in [1.82, 2.24) is 5.32 Å². The molecule has 1 heterocycles. The third kappa shape index (κ3) is 1.56. The molecule has 0 bridgehead atoms. The van der Waals surface area contributed by atoms with E-state index in [1.54, 1.807) is 0 Å². The average Bonchev–Trinajstić information content (AvgIpc) is 2.27. The van der Waals surface area contributed by atoms with Crippen LogP contribution in [0, 0.1) is 0 Å². The van der Waals surface area contributed by atoms with Gasteiger partial charge in [-0.3, -0.25) is 4.79 Å². The fourth-order valence-corrected chi connectivity index (χ4v) is 2.95. The minimum absolute atomic E-state index is 0.164. The summed E-state index contributed by atoms with van der Waals surface area (Å²) in [6, 6.07) is -0.319. The zero-order chi connectivity index (χ0) is 9.35. The van der Waals surface area contributed by atoms with Gasteiger partial charge in [0.25, 0.3) is 0 Å². The van der Waals surface area contributed by atoms with Gasteiger partial charge >= 0.3 is 0 Å². The summed E-state index contributed by atoms with van der Waals surface area (Å²) in [7, 11) is 0. The van der Waals surface area contributed by atoms with E-state index in [0.717, 1.165) is 6.42 Å². The van der Waals surface area contributed by atoms with Crippen LogP contribution in [0.25, 0.3) is 0 Å². The van der Waals surface area contributed by atoms with Crippen LogP contribution in [-0.4, -0.2) is 21.0 Å². The number of carbonyl (C=O) groups excluding carboxylic acids is 1. The van der Waals surface area contributed by atoms with Crippen molar-refractivity contribution in [2.24, 2.45) is 5.73 Å². The molecule has 1 aliphatic heterocycles. The Balaban J connectivity index is 2.86. The van der Waals surface area contributed by atoms with Crippen LogP contribution < -0.4 is 11.1 Å². The van der Waals surface area contributed by atoms with Crippen LogP contribution in [0.15, 0.2) is 0 Å². The van der Waals surface area contributed by atoms with E-state index in [1.165, 1.54) is 11.8 Å². The monoisotopic (exact) mass is 204 g/mol. The van der Waals surface area contributed by atoms with Crippen molar-refractivity contribution < 1.29 is 4.79 Å². The Bertz CT molecular complexity index is 231. The summed E-state index contributed by atoms with van der Waals surface area (Å²) >= 11 is 6.50. The summed E-state index contributed by atoms with van der Waals surface area (Å²) < 4.78 is 0.506. The molecule has 0 saturated carbocycles. The number of rotatable bonds is 2. The molecule has 2 atom stereocenters. The van der Waals surface area contributed by atoms with Crippen molar-refractivity contribution in [2.75, 3.05) is 0 Å². The molecule has 0 aliphatic carbocycles. The molecule has 0 spiro atoms. The van der Waals surface area contributed by atoms with E-state index in [9.17, 15) is 4.79 Å². The Kier molecular flexibility index (Phi) is 2.63. The van der Waals surface area contributed by atoms with Crippen LogP contribution >= 0.6 is 24.0 Å². The molecule has 68 valence electrons. The largest absolute Gasteiger partial charge is 0.368 e. The molecular formula is C7H12N2OS2. The van der Waals surface area contributed by atoms with Gasteiger partial charge in [-0.15, -0.1) is 0 Å². The molecule has 12 heavy (non-hydrogen) atoms. The van der Waals surface area contributed by atoms with Gasteiger partial charge in [-0.05, 0) is 13.3 Å². The number of amides is 1. The highest BCUT2D eigenvalue weighted by atomic mass is 32.2. The molecule has 0 aromatic heterocycles. The summed E-state index contributed by atoms with van der Waals surface area (Å²) in [6.45, 7) is 4.03. The van der Waals surface area contributed by atoms with Gasteiger partial charge < -0.3 is 11.1 Å². The molecule has 0 aromatic rings. The van der Waals surface area contributed by atoms with E-state index in [2.05, 4.69) is 5.32 Å². The fraction of sp³-hybridized carbons (Fsp3) is 0.714. The van der Waals surface area contributed by atoms with Crippen molar-refractivity contribution in [3.63, 3.8) is 0 Å². The molecule has 5 heteroatoms. The van der Waals surface area contributed by atoms with E-state index in [4.69, 9.17) is 18.0 Å². The van der Waals surface area contributed by atoms with Crippen LogP contribution in [0.1, 0.15) is 20.3 Å². The van der Waals surface area contributed by atoms with Crippen LogP contribution in [-0.2, 0) is 4.79 Å². The highest BCUT2D eigenvalue weighted by molar-refractivity contribution is 8.24. The van der Waals surface area contributed by atoms with E-state index in [-0.39, 0.29) is 16.7 Å². The van der Waals surface area contributed by atoms with Crippen LogP contribution in [0.2, 0.25) is 0 Å². The van der Waals surface area contributed by atoms with E-state index < -0.39 is 0 Å². The van der Waals surface area contributed by atoms with Gasteiger partial charge in [-0.25, -0.2) is 0 Å². The lowest BCUT2D eigenvalue weighted by Gasteiger charge is -2.24. The summed E-state index contributed by atoms with van der Waals surface area (Å²) in [5, 5.41) is 2.91. The maximum atomic E-state index is 11.0. The molecule has 1 fully saturated rings. The quantitative estimate of drug-likeness (QED) is 0.648. The molecular weight excluding hydrogens is 192 g/mol. The SMILES string of the molecule is CCC1(C)SC(=S)NC1C(N)=O. The molecule has 1 rings (SSSR count). The van der Waals surface area contributed by atoms with Gasteiger partial charge in [0, 0.05) is 4.75 Å². The first-order valence-corrected chi connectivity index (χ1v) is 5.01. The zero-order valence-corrected chi connectivity index (χ0v) is 8.72. The lowest BCUT2D eigenvalue weighted by molar-refractivity contribution is -0.120. The molecule has 3 N–H and O–H groups in total. The number of nitrogens with two attached hydrogens (primary N) is 1. The van der Waals surface area contributed by atoms with Crippen LogP contribution in [0.5, 0.6) is 0 Å². The molecule has 3 nitrogen and oxygen atoms in total. The van der Waals surface area contributed by atoms with Gasteiger partial charge in [-0.1, -0.05) is 30.9 Å². The number of hydrogen-bond donors (Lipinski definition) is 2. The van der Waals surface area contributed by atoms with E-state index >= 15 is 0 Å². The zero-order valence-electron chi connectivity index (χ0n) is 7.09. The average molecular weight is 204 g/mol. The number of primary amides is 1. The highest BCUT2D eigenvalue weighted by Gasteiger charge is 2.44. The maximum absolute atomic E-state index is 11.0. The second-order valence-electron chi connectivity index (χ2n) is 3.04. The predicted molar refractivity (Wildman–Crippen MR) is 55.0 cm³/mol. The Morgan fingerprint density at radius 3 is 2.83 bits per heavy atom. The first-order chi connectivity index (χ1) is 5.49. The minimum atomic E-state index is -0.327. The topological polar surface area (TPSA) is 55.1 Å². The predicted octanol–water partition coefficient (Wildman–Crippen LogP) is 0.630. The molecule has 1 aliphatic rings. The first-order valence-electron chi connectivity index (χ1n) is 3.78. The van der Waals surface area contributed by atoms with Crippen molar-refractivity contribution in [1.29, 1.82) is 0 Å². The number of thiocarbonyl (C=S) groups is 1. The summed E-state index contributed by atoms with van der Waals surface area (Å²) in [4.78, 5) is 11.0. The number of hydrogen-bond acceptors (Lipinski definition) is 3. The van der Waals surface area contributed by atoms with Gasteiger partial charge in [0.1, 0.15) is 10.4 Å². The van der Waals surface area contributed by atoms with Crippen LogP contribution in [0.3, 0.4) is 0 Å². The van der Waals surface area contributed by atoms with E-state index in [0.29, 0.717) is 4.32 Å². The fourth-order valence-electron chi connectivity index (χ4n) is 1.22. The molecule has 1 amide bonds. The third-order valence-electron chi connectivity index (χ3n) is 2.19. The summed E-state index contributed by atoms with van der Waals surface area (Å²) in [6.07, 6.45) is 0.873. The Labute approximate surface area is 81.5 Å². The van der Waals surface area contributed by atoms with Gasteiger partial charge in [0.05, 0.1) is 0 Å². The maximum Gasteiger partial charge on any atom is 0.241 e. The van der Waals surface area contributed by atoms with Crippen molar-refractivity contribution in [3.8, 4) is 0 Å². The van der Waals surface area contributed by atoms with Gasteiger partial charge in [-0.2, -0.15) is 0 Å². The Morgan fingerprint density at radius 1 is 1.92 bits per heavy atom. The van der Waals surface area contributed by atoms with Crippen molar-refractivity contribution in [2.45, 2.75) is 31.1 Å². The summed E-state index contributed by atoms with van der Waals surface area (Å²) in [5.41, 5.74) is 5.24. The Morgan fingerprint density at radius 2 is 2.50 bits per heavy atom. The molecule has 2 unspecified atom stereocenters. The smallest absolute Gasteiger partial charge is 0.241 e. The second kappa shape index (κ2) is 3.22. The van der Waals surface area contributed by atoms with Crippen LogP contribution in [0.4, 0.5) is 0 Å². The van der Waals surface area contributed by atoms with Gasteiger partial charge in [0.2, 0.25) is 5.91 Å². The normalized spacial score (nSPS) is 34.8. The lowest BCUT2D eigenvalue weighted by atomic mass is 9.98. The third-order valence-corrected chi connectivity index (χ3v) is 3.85. The molecule has 0 aromatic carbocycles. The number of carbonyl (C=O) groups is 1. The second-order valence-corrected chi connectivity index (χ2v) is 5.25. The van der Waals surface area contributed by atoms with Gasteiger partial charge in [0.15, 0.2) is 0 Å². The van der Waals surface area contributed by atoms with Crippen molar-refractivity contribution in [3.05, 3.63) is 0 Å². The molecule has 0 radical (unpaired) electrons. The van der Waals surface area contributed by atoms with E-state index in [1.807, 2.05) is 13.8 Å². The highest BCUT2D eigenvalue weighted by Crippen LogP contribution is 2.37. The lowest BCUT2D eigenvalue weighted by Crippen LogP contribution is -2.48. The number of thioether (sulfide) groups is 1. The Hall–Kier alpha value is -0.290. The number of nitrogens with one attached hydrogen (secondary N) is 1. The minimum Gasteiger partial charge on any atom is -0.368 e. The molecule has 1 saturated heterocycles. The van der Waals surface area contributed by atoms with Crippen molar-refractivity contribution >= 4 is 34.2 Å². The first kappa shape index (κ1) is 9.80.